The van der Waals surface area contributed by atoms with E-state index in [1.807, 2.05) is 48.5 Å². The number of anilines is 1. The molecule has 3 aromatic rings. The van der Waals surface area contributed by atoms with E-state index in [9.17, 15) is 4.79 Å². The predicted molar refractivity (Wildman–Crippen MR) is 78.3 cm³/mol. The van der Waals surface area contributed by atoms with Gasteiger partial charge in [0.2, 0.25) is 5.78 Å². The molecule has 98 valence electrons. The van der Waals surface area contributed by atoms with E-state index in [0.29, 0.717) is 22.6 Å². The number of ketones is 1. The number of nitrogens with two attached hydrogens (primary N) is 1. The van der Waals surface area contributed by atoms with Crippen LogP contribution in [-0.2, 0) is 0 Å². The molecule has 0 fully saturated rings. The van der Waals surface area contributed by atoms with Gasteiger partial charge in [0.15, 0.2) is 0 Å². The number of nitrogens with zero attached hydrogens (tertiary/aromatic N) is 1. The summed E-state index contributed by atoms with van der Waals surface area (Å²) in [6.07, 6.45) is 0. The Morgan fingerprint density at radius 3 is 2.20 bits per heavy atom. The first-order valence-electron chi connectivity index (χ1n) is 6.26. The smallest absolute Gasteiger partial charge is 0.212 e. The van der Waals surface area contributed by atoms with E-state index >= 15 is 0 Å². The molecule has 0 aliphatic heterocycles. The molecule has 0 saturated heterocycles. The second-order valence-electron chi connectivity index (χ2n) is 4.42. The number of rotatable bonds is 3. The number of aromatic amines is 1. The van der Waals surface area contributed by atoms with E-state index in [1.165, 1.54) is 0 Å². The van der Waals surface area contributed by atoms with Crippen molar-refractivity contribution in [2.45, 2.75) is 0 Å². The quantitative estimate of drug-likeness (QED) is 0.714. The Bertz CT molecular complexity index is 733. The van der Waals surface area contributed by atoms with Crippen LogP contribution in [0.15, 0.2) is 60.7 Å². The summed E-state index contributed by atoms with van der Waals surface area (Å²) in [5.41, 5.74) is 8.84. The summed E-state index contributed by atoms with van der Waals surface area (Å²) in [4.78, 5) is 12.4. The number of nitrogens with one attached hydrogen (secondary N) is 1. The average molecular weight is 263 g/mol. The Kier molecular flexibility index (Phi) is 3.05. The molecule has 0 unspecified atom stereocenters. The van der Waals surface area contributed by atoms with Crippen LogP contribution in [-0.4, -0.2) is 16.0 Å². The molecule has 0 aliphatic rings. The van der Waals surface area contributed by atoms with Crippen LogP contribution in [0.4, 0.5) is 5.69 Å². The Morgan fingerprint density at radius 1 is 0.950 bits per heavy atom. The number of carbonyl (C=O) groups is 1. The highest BCUT2D eigenvalue weighted by Crippen LogP contribution is 2.27. The van der Waals surface area contributed by atoms with Gasteiger partial charge >= 0.3 is 0 Å². The molecule has 4 nitrogen and oxygen atoms in total. The average Bonchev–Trinajstić information content (AvgIpc) is 2.90. The molecule has 1 heterocycles. The van der Waals surface area contributed by atoms with Crippen LogP contribution in [0.2, 0.25) is 0 Å². The molecule has 3 N–H and O–H groups in total. The van der Waals surface area contributed by atoms with Crippen molar-refractivity contribution in [2.75, 3.05) is 5.73 Å². The molecule has 4 heteroatoms. The molecule has 0 spiro atoms. The second-order valence-corrected chi connectivity index (χ2v) is 4.42. The molecule has 0 bridgehead atoms. The Balaban J connectivity index is 2.01. The lowest BCUT2D eigenvalue weighted by atomic mass is 10.1. The summed E-state index contributed by atoms with van der Waals surface area (Å²) >= 11 is 0. The minimum Gasteiger partial charge on any atom is -0.395 e. The van der Waals surface area contributed by atoms with Gasteiger partial charge in [0, 0.05) is 11.1 Å². The molecule has 0 radical (unpaired) electrons. The topological polar surface area (TPSA) is 71.8 Å². The Labute approximate surface area is 116 Å². The fourth-order valence-corrected chi connectivity index (χ4v) is 2.07. The third-order valence-electron chi connectivity index (χ3n) is 3.11. The van der Waals surface area contributed by atoms with Gasteiger partial charge in [-0.3, -0.25) is 9.89 Å². The maximum atomic E-state index is 12.4. The van der Waals surface area contributed by atoms with E-state index in [1.54, 1.807) is 12.1 Å². The van der Waals surface area contributed by atoms with E-state index in [2.05, 4.69) is 10.2 Å². The normalized spacial score (nSPS) is 10.4. The monoisotopic (exact) mass is 263 g/mol. The van der Waals surface area contributed by atoms with E-state index in [0.717, 1.165) is 5.56 Å². The highest BCUT2D eigenvalue weighted by atomic mass is 16.1. The number of H-pyrrole nitrogens is 1. The number of carbonyl (C=O) groups excluding carboxylic acids is 1. The van der Waals surface area contributed by atoms with E-state index in [4.69, 9.17) is 5.73 Å². The predicted octanol–water partition coefficient (Wildman–Crippen LogP) is 2.89. The lowest BCUT2D eigenvalue weighted by molar-refractivity contribution is 0.103. The number of hydrogen-bond acceptors (Lipinski definition) is 3. The summed E-state index contributed by atoms with van der Waals surface area (Å²) in [5.74, 6) is -0.155. The minimum atomic E-state index is -0.155. The second kappa shape index (κ2) is 5.01. The van der Waals surface area contributed by atoms with Crippen molar-refractivity contribution >= 4 is 11.5 Å². The molecule has 3 rings (SSSR count). The molecule has 0 aliphatic carbocycles. The fourth-order valence-electron chi connectivity index (χ4n) is 2.07. The molecule has 20 heavy (non-hydrogen) atoms. The highest BCUT2D eigenvalue weighted by Gasteiger charge is 2.18. The Hall–Kier alpha value is -2.88. The maximum absolute atomic E-state index is 12.4. The zero-order chi connectivity index (χ0) is 13.9. The van der Waals surface area contributed by atoms with Gasteiger partial charge in [0.1, 0.15) is 11.4 Å². The summed E-state index contributed by atoms with van der Waals surface area (Å²) in [6.45, 7) is 0. The van der Waals surface area contributed by atoms with Crippen LogP contribution in [0.5, 0.6) is 0 Å². The lowest BCUT2D eigenvalue weighted by Gasteiger charge is -2.00. The van der Waals surface area contributed by atoms with Crippen LogP contribution in [0.3, 0.4) is 0 Å². The molecule has 0 amide bonds. The van der Waals surface area contributed by atoms with Gasteiger partial charge in [-0.15, -0.1) is 0 Å². The van der Waals surface area contributed by atoms with Gasteiger partial charge < -0.3 is 5.73 Å². The Morgan fingerprint density at radius 2 is 1.55 bits per heavy atom. The third-order valence-corrected chi connectivity index (χ3v) is 3.11. The van der Waals surface area contributed by atoms with Crippen molar-refractivity contribution in [1.82, 2.24) is 10.2 Å². The number of aromatic nitrogens is 2. The van der Waals surface area contributed by atoms with Gasteiger partial charge in [-0.05, 0) is 0 Å². The minimum absolute atomic E-state index is 0.155. The third kappa shape index (κ3) is 2.07. The zero-order valence-corrected chi connectivity index (χ0v) is 10.7. The number of nitrogen functional groups attached to an aromatic ring is 1. The number of benzene rings is 2. The van der Waals surface area contributed by atoms with Crippen LogP contribution in [0, 0.1) is 0 Å². The molecular weight excluding hydrogens is 250 g/mol. The van der Waals surface area contributed by atoms with Gasteiger partial charge in [-0.2, -0.15) is 5.10 Å². The SMILES string of the molecule is Nc1c(-c2ccccc2)n[nH]c1C(=O)c1ccccc1. The van der Waals surface area contributed by atoms with Crippen molar-refractivity contribution in [1.29, 1.82) is 0 Å². The summed E-state index contributed by atoms with van der Waals surface area (Å²) in [5, 5.41) is 6.91. The fraction of sp³-hybridized carbons (Fsp3) is 0. The van der Waals surface area contributed by atoms with Crippen LogP contribution in [0.1, 0.15) is 16.1 Å². The first-order valence-corrected chi connectivity index (χ1v) is 6.26. The molecule has 1 aromatic heterocycles. The summed E-state index contributed by atoms with van der Waals surface area (Å²) in [6, 6.07) is 18.5. The van der Waals surface area contributed by atoms with Crippen LogP contribution < -0.4 is 5.73 Å². The van der Waals surface area contributed by atoms with E-state index in [-0.39, 0.29) is 5.78 Å². The van der Waals surface area contributed by atoms with Gasteiger partial charge in [0.05, 0.1) is 5.69 Å². The first-order chi connectivity index (χ1) is 9.77. The van der Waals surface area contributed by atoms with Crippen LogP contribution >= 0.6 is 0 Å². The lowest BCUT2D eigenvalue weighted by Crippen LogP contribution is -2.04. The standard InChI is InChI=1S/C16H13N3O/c17-13-14(11-7-3-1-4-8-11)18-19-15(13)16(20)12-9-5-2-6-10-12/h1-10H,17H2,(H,18,19). The largest absolute Gasteiger partial charge is 0.395 e. The van der Waals surface area contributed by atoms with Crippen molar-refractivity contribution < 1.29 is 4.79 Å². The van der Waals surface area contributed by atoms with Crippen LogP contribution in [0.25, 0.3) is 11.3 Å². The van der Waals surface area contributed by atoms with Gasteiger partial charge in [-0.25, -0.2) is 0 Å². The van der Waals surface area contributed by atoms with E-state index < -0.39 is 0 Å². The van der Waals surface area contributed by atoms with Gasteiger partial charge in [0.25, 0.3) is 0 Å². The first kappa shape index (κ1) is 12.2. The molecule has 0 atom stereocenters. The van der Waals surface area contributed by atoms with Crippen molar-refractivity contribution in [3.63, 3.8) is 0 Å². The molecular formula is C16H13N3O. The zero-order valence-electron chi connectivity index (χ0n) is 10.7. The van der Waals surface area contributed by atoms with Crippen molar-refractivity contribution in [2.24, 2.45) is 0 Å². The summed E-state index contributed by atoms with van der Waals surface area (Å²) in [7, 11) is 0. The highest BCUT2D eigenvalue weighted by molar-refractivity contribution is 6.12. The molecule has 0 saturated carbocycles. The maximum Gasteiger partial charge on any atom is 0.212 e. The number of hydrogen-bond donors (Lipinski definition) is 2. The van der Waals surface area contributed by atoms with Gasteiger partial charge in [-0.1, -0.05) is 60.7 Å². The van der Waals surface area contributed by atoms with Crippen molar-refractivity contribution in [3.05, 3.63) is 71.9 Å². The summed E-state index contributed by atoms with van der Waals surface area (Å²) < 4.78 is 0. The van der Waals surface area contributed by atoms with Crippen molar-refractivity contribution in [3.8, 4) is 11.3 Å². The molecule has 2 aromatic carbocycles.